The molecular formula is C11H18N4O. The summed E-state index contributed by atoms with van der Waals surface area (Å²) < 4.78 is 0. The number of hydrogen-bond acceptors (Lipinski definition) is 4. The first kappa shape index (κ1) is 12.3. The third kappa shape index (κ3) is 3.76. The van der Waals surface area contributed by atoms with E-state index >= 15 is 0 Å². The number of hydrogen-bond donors (Lipinski definition) is 2. The van der Waals surface area contributed by atoms with Crippen molar-refractivity contribution in [2.75, 3.05) is 30.4 Å². The highest BCUT2D eigenvalue weighted by Crippen LogP contribution is 2.16. The van der Waals surface area contributed by atoms with Crippen LogP contribution in [0, 0.1) is 0 Å². The average molecular weight is 222 g/mol. The summed E-state index contributed by atoms with van der Waals surface area (Å²) in [4.78, 5) is 16.7. The Balaban J connectivity index is 2.69. The van der Waals surface area contributed by atoms with Crippen molar-refractivity contribution < 1.29 is 4.79 Å². The van der Waals surface area contributed by atoms with Crippen LogP contribution in [0.5, 0.6) is 0 Å². The van der Waals surface area contributed by atoms with Crippen molar-refractivity contribution in [3.8, 4) is 0 Å². The van der Waals surface area contributed by atoms with Crippen LogP contribution >= 0.6 is 0 Å². The van der Waals surface area contributed by atoms with Crippen molar-refractivity contribution in [2.45, 2.75) is 13.3 Å². The van der Waals surface area contributed by atoms with Crippen LogP contribution in [0.25, 0.3) is 0 Å². The number of primary amides is 1. The number of rotatable bonds is 6. The van der Waals surface area contributed by atoms with Crippen LogP contribution in [0.2, 0.25) is 0 Å². The third-order valence-corrected chi connectivity index (χ3v) is 2.14. The zero-order chi connectivity index (χ0) is 12.0. The molecule has 0 aromatic carbocycles. The molecule has 16 heavy (non-hydrogen) atoms. The van der Waals surface area contributed by atoms with Gasteiger partial charge in [-0.3, -0.25) is 9.78 Å². The number of nitrogens with zero attached hydrogens (tertiary/aromatic N) is 2. The van der Waals surface area contributed by atoms with Gasteiger partial charge >= 0.3 is 0 Å². The maximum atomic E-state index is 10.8. The lowest BCUT2D eigenvalue weighted by Gasteiger charge is -2.17. The van der Waals surface area contributed by atoms with Gasteiger partial charge in [-0.2, -0.15) is 0 Å². The maximum Gasteiger partial charge on any atom is 0.236 e. The highest BCUT2D eigenvalue weighted by molar-refractivity contribution is 5.79. The third-order valence-electron chi connectivity index (χ3n) is 2.14. The fourth-order valence-corrected chi connectivity index (χ4v) is 1.33. The molecule has 0 saturated heterocycles. The maximum absolute atomic E-state index is 10.8. The Morgan fingerprint density at radius 3 is 2.94 bits per heavy atom. The van der Waals surface area contributed by atoms with Crippen molar-refractivity contribution >= 4 is 17.3 Å². The van der Waals surface area contributed by atoms with Gasteiger partial charge in [0.2, 0.25) is 5.91 Å². The zero-order valence-corrected chi connectivity index (χ0v) is 9.73. The molecule has 0 fully saturated rings. The van der Waals surface area contributed by atoms with Crippen LogP contribution in [0.1, 0.15) is 13.3 Å². The van der Waals surface area contributed by atoms with Gasteiger partial charge in [0.05, 0.1) is 30.3 Å². The first-order valence-electron chi connectivity index (χ1n) is 5.32. The highest BCUT2D eigenvalue weighted by Gasteiger charge is 2.05. The van der Waals surface area contributed by atoms with Gasteiger partial charge in [-0.05, 0) is 12.5 Å². The van der Waals surface area contributed by atoms with Crippen molar-refractivity contribution in [1.29, 1.82) is 0 Å². The molecule has 5 heteroatoms. The topological polar surface area (TPSA) is 71.2 Å². The van der Waals surface area contributed by atoms with E-state index in [4.69, 9.17) is 5.73 Å². The van der Waals surface area contributed by atoms with Crippen LogP contribution in [-0.2, 0) is 4.79 Å². The Kier molecular flexibility index (Phi) is 4.57. The molecular weight excluding hydrogens is 204 g/mol. The van der Waals surface area contributed by atoms with Gasteiger partial charge in [-0.25, -0.2) is 0 Å². The molecule has 0 aliphatic rings. The quantitative estimate of drug-likeness (QED) is 0.747. The van der Waals surface area contributed by atoms with Crippen molar-refractivity contribution in [1.82, 2.24) is 4.98 Å². The summed E-state index contributed by atoms with van der Waals surface area (Å²) in [6.07, 6.45) is 4.53. The molecule has 1 aromatic rings. The van der Waals surface area contributed by atoms with Gasteiger partial charge < -0.3 is 16.0 Å². The molecule has 0 aliphatic carbocycles. The predicted octanol–water partition coefficient (Wildman–Crippen LogP) is 0.825. The molecule has 5 nitrogen and oxygen atoms in total. The lowest BCUT2D eigenvalue weighted by Crippen LogP contribution is -2.30. The Morgan fingerprint density at radius 2 is 2.31 bits per heavy atom. The van der Waals surface area contributed by atoms with Crippen molar-refractivity contribution in [3.05, 3.63) is 18.5 Å². The number of nitrogens with one attached hydrogen (secondary N) is 1. The Morgan fingerprint density at radius 1 is 1.56 bits per heavy atom. The summed E-state index contributed by atoms with van der Waals surface area (Å²) in [6.45, 7) is 3.20. The lowest BCUT2D eigenvalue weighted by atomic mass is 10.3. The number of pyridine rings is 1. The number of nitrogens with two attached hydrogens (primary N) is 1. The van der Waals surface area contributed by atoms with Gasteiger partial charge in [0.1, 0.15) is 0 Å². The number of carbonyl (C=O) groups excluding carboxylic acids is 1. The van der Waals surface area contributed by atoms with E-state index in [0.717, 1.165) is 24.3 Å². The molecule has 0 radical (unpaired) electrons. The van der Waals surface area contributed by atoms with E-state index in [9.17, 15) is 4.79 Å². The van der Waals surface area contributed by atoms with Crippen LogP contribution in [0.15, 0.2) is 18.5 Å². The van der Waals surface area contributed by atoms with E-state index in [1.54, 1.807) is 17.3 Å². The number of aromatic nitrogens is 1. The predicted molar refractivity (Wildman–Crippen MR) is 65.5 cm³/mol. The molecule has 88 valence electrons. The molecule has 1 aromatic heterocycles. The van der Waals surface area contributed by atoms with Crippen LogP contribution < -0.4 is 16.0 Å². The first-order valence-corrected chi connectivity index (χ1v) is 5.32. The SMILES string of the molecule is CCCNc1cncc(N(C)CC(N)=O)c1. The second-order valence-electron chi connectivity index (χ2n) is 3.68. The molecule has 1 amide bonds. The Labute approximate surface area is 95.7 Å². The molecule has 1 rings (SSSR count). The first-order chi connectivity index (χ1) is 7.63. The summed E-state index contributed by atoms with van der Waals surface area (Å²) in [7, 11) is 1.81. The number of carbonyl (C=O) groups is 1. The van der Waals surface area contributed by atoms with E-state index in [2.05, 4.69) is 17.2 Å². The van der Waals surface area contributed by atoms with E-state index in [0.29, 0.717) is 0 Å². The molecule has 0 aliphatic heterocycles. The summed E-state index contributed by atoms with van der Waals surface area (Å²) in [6, 6.07) is 1.95. The highest BCUT2D eigenvalue weighted by atomic mass is 16.1. The standard InChI is InChI=1S/C11H18N4O/c1-3-4-14-9-5-10(7-13-6-9)15(2)8-11(12)16/h5-7,14H,3-4,8H2,1-2H3,(H2,12,16). The minimum Gasteiger partial charge on any atom is -0.384 e. The van der Waals surface area contributed by atoms with Gasteiger partial charge in [-0.15, -0.1) is 0 Å². The van der Waals surface area contributed by atoms with Gasteiger partial charge in [0.25, 0.3) is 0 Å². The fourth-order valence-electron chi connectivity index (χ4n) is 1.33. The van der Waals surface area contributed by atoms with Gasteiger partial charge in [0, 0.05) is 13.6 Å². The summed E-state index contributed by atoms with van der Waals surface area (Å²) >= 11 is 0. The summed E-state index contributed by atoms with van der Waals surface area (Å²) in [5.41, 5.74) is 6.96. The second kappa shape index (κ2) is 5.95. The lowest BCUT2D eigenvalue weighted by molar-refractivity contribution is -0.116. The molecule has 0 saturated carbocycles. The molecule has 0 bridgehead atoms. The van der Waals surface area contributed by atoms with E-state index in [1.807, 2.05) is 13.1 Å². The van der Waals surface area contributed by atoms with Gasteiger partial charge in [-0.1, -0.05) is 6.92 Å². The van der Waals surface area contributed by atoms with E-state index < -0.39 is 0 Å². The van der Waals surface area contributed by atoms with Crippen LogP contribution in [0.4, 0.5) is 11.4 Å². The van der Waals surface area contributed by atoms with Crippen molar-refractivity contribution in [2.24, 2.45) is 5.73 Å². The fraction of sp³-hybridized carbons (Fsp3) is 0.455. The number of likely N-dealkylation sites (N-methyl/N-ethyl adjacent to an activating group) is 1. The molecule has 3 N–H and O–H groups in total. The van der Waals surface area contributed by atoms with Crippen molar-refractivity contribution in [3.63, 3.8) is 0 Å². The monoisotopic (exact) mass is 222 g/mol. The average Bonchev–Trinajstić information content (AvgIpc) is 2.26. The molecule has 1 heterocycles. The minimum atomic E-state index is -0.352. The largest absolute Gasteiger partial charge is 0.384 e. The van der Waals surface area contributed by atoms with E-state index in [1.165, 1.54) is 0 Å². The molecule has 0 unspecified atom stereocenters. The molecule has 0 atom stereocenters. The van der Waals surface area contributed by atoms with E-state index in [-0.39, 0.29) is 12.5 Å². The Bertz CT molecular complexity index is 354. The normalized spacial score (nSPS) is 9.88. The van der Waals surface area contributed by atoms with Crippen LogP contribution in [-0.4, -0.2) is 31.0 Å². The number of amides is 1. The molecule has 0 spiro atoms. The smallest absolute Gasteiger partial charge is 0.236 e. The van der Waals surface area contributed by atoms with Gasteiger partial charge in [0.15, 0.2) is 0 Å². The summed E-state index contributed by atoms with van der Waals surface area (Å²) in [5.74, 6) is -0.352. The zero-order valence-electron chi connectivity index (χ0n) is 9.73. The minimum absolute atomic E-state index is 0.193. The second-order valence-corrected chi connectivity index (χ2v) is 3.68. The number of anilines is 2. The summed E-state index contributed by atoms with van der Waals surface area (Å²) in [5, 5.41) is 3.24. The Hall–Kier alpha value is -1.78. The van der Waals surface area contributed by atoms with Crippen LogP contribution in [0.3, 0.4) is 0 Å².